The number of hydrogen-bond acceptors (Lipinski definition) is 5. The fraction of sp³-hybridized carbons (Fsp3) is 0.263. The third kappa shape index (κ3) is 4.14. The van der Waals surface area contributed by atoms with Gasteiger partial charge in [-0.3, -0.25) is 4.79 Å². The van der Waals surface area contributed by atoms with Crippen molar-refractivity contribution >= 4 is 29.3 Å². The predicted octanol–water partition coefficient (Wildman–Crippen LogP) is 3.84. The summed E-state index contributed by atoms with van der Waals surface area (Å²) in [5, 5.41) is 13.3. The SMILES string of the molecule is O=C(c1ccc(CSc2nnnn2-c2ccc(Cl)cc2)cc1)N1CCCC1. The third-order valence-electron chi connectivity index (χ3n) is 4.47. The van der Waals surface area contributed by atoms with Crippen molar-refractivity contribution in [3.63, 3.8) is 0 Å². The van der Waals surface area contributed by atoms with E-state index in [0.717, 1.165) is 42.7 Å². The van der Waals surface area contributed by atoms with Crippen molar-refractivity contribution < 1.29 is 4.79 Å². The van der Waals surface area contributed by atoms with Crippen LogP contribution in [0.1, 0.15) is 28.8 Å². The number of likely N-dealkylation sites (tertiary alicyclic amines) is 1. The van der Waals surface area contributed by atoms with Crippen molar-refractivity contribution in [2.75, 3.05) is 13.1 Å². The zero-order valence-corrected chi connectivity index (χ0v) is 16.2. The topological polar surface area (TPSA) is 63.9 Å². The van der Waals surface area contributed by atoms with Gasteiger partial charge in [0.05, 0.1) is 5.69 Å². The zero-order chi connectivity index (χ0) is 18.6. The number of thioether (sulfide) groups is 1. The van der Waals surface area contributed by atoms with Gasteiger partial charge in [0.2, 0.25) is 5.16 Å². The van der Waals surface area contributed by atoms with E-state index in [4.69, 9.17) is 11.6 Å². The minimum absolute atomic E-state index is 0.124. The first-order valence-electron chi connectivity index (χ1n) is 8.76. The molecule has 27 heavy (non-hydrogen) atoms. The largest absolute Gasteiger partial charge is 0.339 e. The van der Waals surface area contributed by atoms with Crippen molar-refractivity contribution in [1.82, 2.24) is 25.1 Å². The Morgan fingerprint density at radius 1 is 1.04 bits per heavy atom. The van der Waals surface area contributed by atoms with Gasteiger partial charge in [-0.15, -0.1) is 5.10 Å². The molecule has 0 aliphatic carbocycles. The second-order valence-electron chi connectivity index (χ2n) is 6.33. The molecule has 1 amide bonds. The highest BCUT2D eigenvalue weighted by molar-refractivity contribution is 7.98. The van der Waals surface area contributed by atoms with Gasteiger partial charge >= 0.3 is 0 Å². The maximum Gasteiger partial charge on any atom is 0.253 e. The number of halogens is 1. The molecule has 0 radical (unpaired) electrons. The molecule has 1 fully saturated rings. The average Bonchev–Trinajstić information content (AvgIpc) is 3.39. The average molecular weight is 400 g/mol. The summed E-state index contributed by atoms with van der Waals surface area (Å²) in [5.74, 6) is 0.838. The maximum absolute atomic E-state index is 12.4. The molecule has 0 N–H and O–H groups in total. The van der Waals surface area contributed by atoms with E-state index in [2.05, 4.69) is 15.5 Å². The monoisotopic (exact) mass is 399 g/mol. The lowest BCUT2D eigenvalue weighted by atomic mass is 10.1. The summed E-state index contributed by atoms with van der Waals surface area (Å²) in [5.41, 5.74) is 2.72. The number of tetrazole rings is 1. The van der Waals surface area contributed by atoms with Crippen molar-refractivity contribution in [3.05, 3.63) is 64.7 Å². The summed E-state index contributed by atoms with van der Waals surface area (Å²) in [6, 6.07) is 15.2. The zero-order valence-electron chi connectivity index (χ0n) is 14.6. The molecule has 0 spiro atoms. The van der Waals surface area contributed by atoms with Crippen LogP contribution in [0.5, 0.6) is 0 Å². The Balaban J connectivity index is 1.41. The van der Waals surface area contributed by atoms with E-state index in [1.54, 1.807) is 16.4 Å². The number of benzene rings is 2. The van der Waals surface area contributed by atoms with E-state index in [-0.39, 0.29) is 5.91 Å². The number of carbonyl (C=O) groups is 1. The first kappa shape index (κ1) is 18.0. The van der Waals surface area contributed by atoms with Crippen LogP contribution in [0.15, 0.2) is 53.7 Å². The highest BCUT2D eigenvalue weighted by Gasteiger charge is 2.19. The van der Waals surface area contributed by atoms with Crippen molar-refractivity contribution in [1.29, 1.82) is 0 Å². The van der Waals surface area contributed by atoms with Gasteiger partial charge in [0.1, 0.15) is 0 Å². The predicted molar refractivity (Wildman–Crippen MR) is 105 cm³/mol. The quantitative estimate of drug-likeness (QED) is 0.610. The molecule has 0 atom stereocenters. The Bertz CT molecular complexity index is 920. The molecule has 0 bridgehead atoms. The number of amides is 1. The molecular weight excluding hydrogens is 382 g/mol. The van der Waals surface area contributed by atoms with E-state index in [1.807, 2.05) is 53.4 Å². The van der Waals surface area contributed by atoms with E-state index in [9.17, 15) is 4.79 Å². The van der Waals surface area contributed by atoms with Crippen LogP contribution in [0.4, 0.5) is 0 Å². The summed E-state index contributed by atoms with van der Waals surface area (Å²) in [6.45, 7) is 1.73. The van der Waals surface area contributed by atoms with E-state index >= 15 is 0 Å². The first-order valence-corrected chi connectivity index (χ1v) is 10.1. The molecule has 1 aliphatic rings. The van der Waals surface area contributed by atoms with Crippen molar-refractivity contribution in [3.8, 4) is 5.69 Å². The summed E-state index contributed by atoms with van der Waals surface area (Å²) in [7, 11) is 0. The molecule has 3 aromatic rings. The Kier molecular flexibility index (Phi) is 5.40. The summed E-state index contributed by atoms with van der Waals surface area (Å²) >= 11 is 7.48. The van der Waals surface area contributed by atoms with Crippen LogP contribution in [0, 0.1) is 0 Å². The molecule has 2 heterocycles. The normalized spacial score (nSPS) is 13.9. The molecule has 1 saturated heterocycles. The van der Waals surface area contributed by atoms with Crippen LogP contribution < -0.4 is 0 Å². The smallest absolute Gasteiger partial charge is 0.253 e. The maximum atomic E-state index is 12.4. The van der Waals surface area contributed by atoms with Crippen molar-refractivity contribution in [2.24, 2.45) is 0 Å². The number of hydrogen-bond donors (Lipinski definition) is 0. The lowest BCUT2D eigenvalue weighted by Gasteiger charge is -2.15. The van der Waals surface area contributed by atoms with Crippen LogP contribution in [0.25, 0.3) is 5.69 Å². The Morgan fingerprint density at radius 3 is 2.44 bits per heavy atom. The number of carbonyl (C=O) groups excluding carboxylic acids is 1. The molecule has 0 unspecified atom stereocenters. The minimum Gasteiger partial charge on any atom is -0.339 e. The van der Waals surface area contributed by atoms with Crippen LogP contribution in [-0.4, -0.2) is 44.1 Å². The molecule has 138 valence electrons. The van der Waals surface area contributed by atoms with Crippen LogP contribution >= 0.6 is 23.4 Å². The summed E-state index contributed by atoms with van der Waals surface area (Å²) in [4.78, 5) is 14.3. The van der Waals surface area contributed by atoms with Gasteiger partial charge in [-0.25, -0.2) is 0 Å². The van der Waals surface area contributed by atoms with Gasteiger partial charge < -0.3 is 4.90 Å². The minimum atomic E-state index is 0.124. The van der Waals surface area contributed by atoms with E-state index in [1.165, 1.54) is 0 Å². The van der Waals surface area contributed by atoms with E-state index in [0.29, 0.717) is 15.9 Å². The lowest BCUT2D eigenvalue weighted by molar-refractivity contribution is 0.0793. The molecule has 1 aromatic heterocycles. The number of rotatable bonds is 5. The standard InChI is InChI=1S/C19H18ClN5OS/c20-16-7-9-17(10-8-16)25-19(21-22-23-25)27-13-14-3-5-15(6-4-14)18(26)24-11-1-2-12-24/h3-10H,1-2,11-13H2. The Hall–Kier alpha value is -2.38. The Labute approximate surface area is 166 Å². The van der Waals surface area contributed by atoms with Gasteiger partial charge in [0, 0.05) is 29.4 Å². The van der Waals surface area contributed by atoms with Gasteiger partial charge in [-0.2, -0.15) is 4.68 Å². The molecule has 8 heteroatoms. The molecule has 4 rings (SSSR count). The third-order valence-corrected chi connectivity index (χ3v) is 5.72. The van der Waals surface area contributed by atoms with Crippen LogP contribution in [-0.2, 0) is 5.75 Å². The fourth-order valence-corrected chi connectivity index (χ4v) is 3.98. The summed E-state index contributed by atoms with van der Waals surface area (Å²) < 4.78 is 1.69. The number of aromatic nitrogens is 4. The molecular formula is C19H18ClN5OS. The molecule has 6 nitrogen and oxygen atoms in total. The highest BCUT2D eigenvalue weighted by Crippen LogP contribution is 2.24. The Morgan fingerprint density at radius 2 is 1.74 bits per heavy atom. The fourth-order valence-electron chi connectivity index (χ4n) is 3.01. The highest BCUT2D eigenvalue weighted by atomic mass is 35.5. The second-order valence-corrected chi connectivity index (χ2v) is 7.71. The number of nitrogens with zero attached hydrogens (tertiary/aromatic N) is 5. The van der Waals surface area contributed by atoms with Crippen molar-refractivity contribution in [2.45, 2.75) is 23.8 Å². The van der Waals surface area contributed by atoms with Gasteiger partial charge in [0.25, 0.3) is 5.91 Å². The van der Waals surface area contributed by atoms with Crippen LogP contribution in [0.3, 0.4) is 0 Å². The first-order chi connectivity index (χ1) is 13.2. The van der Waals surface area contributed by atoms with Gasteiger partial charge in [-0.1, -0.05) is 35.5 Å². The molecule has 0 saturated carbocycles. The van der Waals surface area contributed by atoms with Gasteiger partial charge in [0.15, 0.2) is 0 Å². The summed E-state index contributed by atoms with van der Waals surface area (Å²) in [6.07, 6.45) is 2.20. The molecule has 1 aliphatic heterocycles. The lowest BCUT2D eigenvalue weighted by Crippen LogP contribution is -2.27. The molecule has 2 aromatic carbocycles. The van der Waals surface area contributed by atoms with Gasteiger partial charge in [-0.05, 0) is 65.2 Å². The van der Waals surface area contributed by atoms with Crippen LogP contribution in [0.2, 0.25) is 5.02 Å². The second kappa shape index (κ2) is 8.10. The van der Waals surface area contributed by atoms with E-state index < -0.39 is 0 Å².